The highest BCUT2D eigenvalue weighted by molar-refractivity contribution is 5.97. The molecule has 17 heavy (non-hydrogen) atoms. The van der Waals surface area contributed by atoms with Crippen molar-refractivity contribution in [2.45, 2.75) is 27.2 Å². The first-order valence-electron chi connectivity index (χ1n) is 6.44. The second-order valence-corrected chi connectivity index (χ2v) is 6.03. The number of cyclic esters (lactones) is 2. The van der Waals surface area contributed by atoms with Gasteiger partial charge >= 0.3 is 11.9 Å². The summed E-state index contributed by atoms with van der Waals surface area (Å²) in [5, 5.41) is 0. The van der Waals surface area contributed by atoms with Crippen LogP contribution in [0.4, 0.5) is 0 Å². The zero-order valence-corrected chi connectivity index (χ0v) is 10.5. The fourth-order valence-corrected chi connectivity index (χ4v) is 4.04. The third kappa shape index (κ3) is 1.34. The summed E-state index contributed by atoms with van der Waals surface area (Å²) in [5.74, 6) is 0.554. The lowest BCUT2D eigenvalue weighted by molar-refractivity contribution is -0.154. The molecule has 3 aliphatic carbocycles. The molecule has 1 saturated heterocycles. The van der Waals surface area contributed by atoms with Crippen LogP contribution in [0.1, 0.15) is 27.2 Å². The van der Waals surface area contributed by atoms with Crippen molar-refractivity contribution in [2.24, 2.45) is 35.5 Å². The number of hydrogen-bond donors (Lipinski definition) is 0. The molecule has 0 aromatic rings. The summed E-state index contributed by atoms with van der Waals surface area (Å²) < 4.78 is 4.85. The largest absolute Gasteiger partial charge is 0.393 e. The van der Waals surface area contributed by atoms with Crippen molar-refractivity contribution in [3.63, 3.8) is 0 Å². The molecular weight excluding hydrogens is 216 g/mol. The molecule has 1 heterocycles. The van der Waals surface area contributed by atoms with Gasteiger partial charge in [-0.15, -0.1) is 0 Å². The third-order valence-corrected chi connectivity index (χ3v) is 4.90. The predicted molar refractivity (Wildman–Crippen MR) is 61.8 cm³/mol. The Morgan fingerprint density at radius 2 is 1.88 bits per heavy atom. The minimum absolute atomic E-state index is 0.188. The molecule has 1 saturated carbocycles. The van der Waals surface area contributed by atoms with Crippen molar-refractivity contribution < 1.29 is 14.3 Å². The second-order valence-electron chi connectivity index (χ2n) is 6.03. The molecule has 1 aliphatic heterocycles. The van der Waals surface area contributed by atoms with E-state index in [9.17, 15) is 9.59 Å². The summed E-state index contributed by atoms with van der Waals surface area (Å²) in [6, 6.07) is 0. The Labute approximate surface area is 101 Å². The molecule has 2 bridgehead atoms. The fourth-order valence-electron chi connectivity index (χ4n) is 4.04. The van der Waals surface area contributed by atoms with Crippen molar-refractivity contribution in [2.75, 3.05) is 0 Å². The summed E-state index contributed by atoms with van der Waals surface area (Å²) >= 11 is 0. The molecule has 4 aliphatic rings. The lowest BCUT2D eigenvalue weighted by Gasteiger charge is -2.47. The van der Waals surface area contributed by atoms with Crippen LogP contribution in [0.3, 0.4) is 0 Å². The molecule has 2 fully saturated rings. The van der Waals surface area contributed by atoms with Gasteiger partial charge in [0.2, 0.25) is 0 Å². The van der Waals surface area contributed by atoms with Crippen molar-refractivity contribution in [3.05, 3.63) is 11.6 Å². The summed E-state index contributed by atoms with van der Waals surface area (Å²) in [7, 11) is 0. The highest BCUT2D eigenvalue weighted by atomic mass is 16.6. The Morgan fingerprint density at radius 1 is 1.24 bits per heavy atom. The maximum absolute atomic E-state index is 11.8. The third-order valence-electron chi connectivity index (χ3n) is 4.90. The van der Waals surface area contributed by atoms with Crippen molar-refractivity contribution >= 4 is 11.9 Å². The summed E-state index contributed by atoms with van der Waals surface area (Å²) in [4.78, 5) is 23.6. The van der Waals surface area contributed by atoms with Crippen molar-refractivity contribution in [1.29, 1.82) is 0 Å². The maximum atomic E-state index is 11.8. The summed E-state index contributed by atoms with van der Waals surface area (Å²) in [6.45, 7) is 6.48. The molecule has 5 atom stereocenters. The summed E-state index contributed by atoms with van der Waals surface area (Å²) in [5.41, 5.74) is 1.28. The number of carbonyl (C=O) groups excluding carboxylic acids is 2. The number of esters is 2. The van der Waals surface area contributed by atoms with Gasteiger partial charge in [-0.05, 0) is 37.0 Å². The molecule has 3 heteroatoms. The Morgan fingerprint density at radius 3 is 2.53 bits per heavy atom. The molecule has 0 N–H and O–H groups in total. The van der Waals surface area contributed by atoms with E-state index in [1.54, 1.807) is 0 Å². The van der Waals surface area contributed by atoms with Gasteiger partial charge < -0.3 is 4.74 Å². The van der Waals surface area contributed by atoms with Gasteiger partial charge in [0.1, 0.15) is 0 Å². The number of carbonyl (C=O) groups is 2. The zero-order chi connectivity index (χ0) is 12.3. The smallest absolute Gasteiger partial charge is 0.318 e. The highest BCUT2D eigenvalue weighted by Gasteiger charge is 2.59. The average Bonchev–Trinajstić information content (AvgIpc) is 2.56. The van der Waals surface area contributed by atoms with Crippen LogP contribution in [0.5, 0.6) is 0 Å². The van der Waals surface area contributed by atoms with E-state index in [2.05, 4.69) is 26.8 Å². The molecule has 0 aromatic carbocycles. The van der Waals surface area contributed by atoms with Crippen LogP contribution < -0.4 is 0 Å². The SMILES string of the molecule is CC1=C[C@H]2C(C(C)C)C[C@@H]1[C@H]1C(=O)OC(=O)[C@H]12. The van der Waals surface area contributed by atoms with Crippen molar-refractivity contribution in [1.82, 2.24) is 0 Å². The van der Waals surface area contributed by atoms with Crippen molar-refractivity contribution in [3.8, 4) is 0 Å². The molecule has 3 nitrogen and oxygen atoms in total. The molecule has 92 valence electrons. The van der Waals surface area contributed by atoms with Gasteiger partial charge in [0.25, 0.3) is 0 Å². The minimum Gasteiger partial charge on any atom is -0.393 e. The van der Waals surface area contributed by atoms with Crippen LogP contribution in [0.25, 0.3) is 0 Å². The van der Waals surface area contributed by atoms with Gasteiger partial charge in [0, 0.05) is 0 Å². The van der Waals surface area contributed by atoms with E-state index >= 15 is 0 Å². The average molecular weight is 234 g/mol. The first-order valence-corrected chi connectivity index (χ1v) is 6.44. The first-order chi connectivity index (χ1) is 8.00. The van der Waals surface area contributed by atoms with E-state index < -0.39 is 0 Å². The first kappa shape index (κ1) is 11.0. The van der Waals surface area contributed by atoms with Gasteiger partial charge in [-0.25, -0.2) is 0 Å². The van der Waals surface area contributed by atoms with E-state index in [0.717, 1.165) is 6.42 Å². The van der Waals surface area contributed by atoms with E-state index in [1.165, 1.54) is 5.57 Å². The number of fused-ring (bicyclic) bond motifs is 1. The van der Waals surface area contributed by atoms with Gasteiger partial charge in [-0.3, -0.25) is 9.59 Å². The molecular formula is C14H18O3. The van der Waals surface area contributed by atoms with Gasteiger partial charge in [-0.2, -0.15) is 0 Å². The minimum atomic E-state index is -0.288. The van der Waals surface area contributed by atoms with E-state index in [0.29, 0.717) is 11.8 Å². The van der Waals surface area contributed by atoms with E-state index in [-0.39, 0.29) is 35.6 Å². The lowest BCUT2D eigenvalue weighted by Crippen LogP contribution is -2.46. The number of rotatable bonds is 1. The quantitative estimate of drug-likeness (QED) is 0.397. The maximum Gasteiger partial charge on any atom is 0.318 e. The molecule has 0 aromatic heterocycles. The number of ether oxygens (including phenoxy) is 1. The Kier molecular flexibility index (Phi) is 2.22. The fraction of sp³-hybridized carbons (Fsp3) is 0.714. The van der Waals surface area contributed by atoms with Crippen LogP contribution in [0, 0.1) is 35.5 Å². The lowest BCUT2D eigenvalue weighted by atomic mass is 9.54. The Hall–Kier alpha value is -1.12. The van der Waals surface area contributed by atoms with E-state index in [1.807, 2.05) is 0 Å². The van der Waals surface area contributed by atoms with Crippen LogP contribution >= 0.6 is 0 Å². The second kappa shape index (κ2) is 3.44. The monoisotopic (exact) mass is 234 g/mol. The van der Waals surface area contributed by atoms with E-state index in [4.69, 9.17) is 4.74 Å². The van der Waals surface area contributed by atoms with Gasteiger partial charge in [0.05, 0.1) is 11.8 Å². The molecule has 4 rings (SSSR count). The topological polar surface area (TPSA) is 43.4 Å². The van der Waals surface area contributed by atoms with Crippen LogP contribution in [-0.4, -0.2) is 11.9 Å². The van der Waals surface area contributed by atoms with Crippen LogP contribution in [-0.2, 0) is 14.3 Å². The van der Waals surface area contributed by atoms with Crippen LogP contribution in [0.15, 0.2) is 11.6 Å². The Balaban J connectivity index is 2.04. The predicted octanol–water partition coefficient (Wildman–Crippen LogP) is 2.17. The number of allylic oxidation sites excluding steroid dienone is 2. The number of hydrogen-bond acceptors (Lipinski definition) is 3. The highest BCUT2D eigenvalue weighted by Crippen LogP contribution is 2.55. The summed E-state index contributed by atoms with van der Waals surface area (Å²) in [6.07, 6.45) is 3.26. The molecule has 1 unspecified atom stereocenters. The molecule has 0 radical (unpaired) electrons. The van der Waals surface area contributed by atoms with Gasteiger partial charge in [-0.1, -0.05) is 25.5 Å². The normalized spacial score (nSPS) is 43.8. The van der Waals surface area contributed by atoms with Gasteiger partial charge in [0.15, 0.2) is 0 Å². The Bertz CT molecular complexity index is 421. The molecule has 0 spiro atoms. The zero-order valence-electron chi connectivity index (χ0n) is 10.5. The molecule has 0 amide bonds. The van der Waals surface area contributed by atoms with Crippen LogP contribution in [0.2, 0.25) is 0 Å². The standard InChI is InChI=1S/C14H18O3/c1-6(2)8-5-9-7(3)4-10(8)12-11(9)13(15)17-14(12)16/h4,6,8-12H,5H2,1-3H3/t8?,9-,10-,11+,12-/m0/s1.